The highest BCUT2D eigenvalue weighted by molar-refractivity contribution is 5.81. The number of fused-ring (bicyclic) bond motifs is 1. The van der Waals surface area contributed by atoms with E-state index in [4.69, 9.17) is 14.7 Å². The lowest BCUT2D eigenvalue weighted by atomic mass is 10.1. The summed E-state index contributed by atoms with van der Waals surface area (Å²) in [6, 6.07) is 5.61. The van der Waals surface area contributed by atoms with E-state index in [1.54, 1.807) is 18.0 Å². The first-order valence-electron chi connectivity index (χ1n) is 10.0. The van der Waals surface area contributed by atoms with E-state index in [1.807, 2.05) is 55.9 Å². The summed E-state index contributed by atoms with van der Waals surface area (Å²) in [7, 11) is 1.59. The number of aryl methyl sites for hydroxylation is 2. The Bertz CT molecular complexity index is 1180. The fraction of sp³-hybridized carbons (Fsp3) is 0.364. The lowest BCUT2D eigenvalue weighted by molar-refractivity contribution is 0.129. The molecule has 4 rings (SSSR count). The highest BCUT2D eigenvalue weighted by atomic mass is 16.5. The van der Waals surface area contributed by atoms with E-state index in [9.17, 15) is 5.11 Å². The van der Waals surface area contributed by atoms with Gasteiger partial charge in [-0.05, 0) is 51.0 Å². The summed E-state index contributed by atoms with van der Waals surface area (Å²) in [5.74, 6) is 1.13. The average molecular weight is 406 g/mol. The Labute approximate surface area is 175 Å². The van der Waals surface area contributed by atoms with Gasteiger partial charge >= 0.3 is 0 Å². The number of aromatic nitrogens is 6. The summed E-state index contributed by atoms with van der Waals surface area (Å²) in [4.78, 5) is 14.4. The maximum atomic E-state index is 10.2. The van der Waals surface area contributed by atoms with Gasteiger partial charge in [-0.1, -0.05) is 6.92 Å². The summed E-state index contributed by atoms with van der Waals surface area (Å²) in [6.07, 6.45) is 5.87. The van der Waals surface area contributed by atoms with Gasteiger partial charge in [0.25, 0.3) is 0 Å². The average Bonchev–Trinajstić information content (AvgIpc) is 3.36. The molecule has 8 heteroatoms. The van der Waals surface area contributed by atoms with Crippen LogP contribution >= 0.6 is 0 Å². The van der Waals surface area contributed by atoms with Crippen molar-refractivity contribution in [1.29, 1.82) is 0 Å². The van der Waals surface area contributed by atoms with E-state index in [2.05, 4.69) is 17.0 Å². The molecule has 0 aliphatic rings. The lowest BCUT2D eigenvalue weighted by Crippen LogP contribution is -2.20. The van der Waals surface area contributed by atoms with Crippen LogP contribution in [-0.2, 0) is 0 Å². The standard InChI is InChI=1S/C22H26N6O2/c1-6-17(15(4)29)27-12-13(2)19-21(27)24-14(3)20(26-19)16-8-9-18(25-22(16)30-5)28-11-7-10-23-28/h7-12,15,17,29H,6H2,1-5H3/t15-,17-/m1/s1. The van der Waals surface area contributed by atoms with Crippen LogP contribution in [0.2, 0.25) is 0 Å². The molecular weight excluding hydrogens is 380 g/mol. The summed E-state index contributed by atoms with van der Waals surface area (Å²) in [5, 5.41) is 14.4. The van der Waals surface area contributed by atoms with Crippen molar-refractivity contribution in [1.82, 2.24) is 29.3 Å². The van der Waals surface area contributed by atoms with Crippen molar-refractivity contribution < 1.29 is 9.84 Å². The first-order chi connectivity index (χ1) is 14.4. The summed E-state index contributed by atoms with van der Waals surface area (Å²) in [5.41, 5.74) is 4.88. The van der Waals surface area contributed by atoms with Crippen LogP contribution in [0.3, 0.4) is 0 Å². The van der Waals surface area contributed by atoms with Gasteiger partial charge in [0.05, 0.1) is 36.2 Å². The molecule has 0 aliphatic carbocycles. The molecule has 0 fully saturated rings. The molecule has 4 aromatic rings. The smallest absolute Gasteiger partial charge is 0.224 e. The third-order valence-corrected chi connectivity index (χ3v) is 5.37. The Morgan fingerprint density at radius 2 is 1.97 bits per heavy atom. The van der Waals surface area contributed by atoms with Gasteiger partial charge in [-0.2, -0.15) is 10.1 Å². The Balaban J connectivity index is 1.86. The molecule has 0 aliphatic heterocycles. The van der Waals surface area contributed by atoms with E-state index < -0.39 is 6.10 Å². The predicted molar refractivity (Wildman–Crippen MR) is 115 cm³/mol. The Morgan fingerprint density at radius 1 is 1.17 bits per heavy atom. The lowest BCUT2D eigenvalue weighted by Gasteiger charge is -2.21. The number of aliphatic hydroxyl groups excluding tert-OH is 1. The van der Waals surface area contributed by atoms with Crippen molar-refractivity contribution in [2.45, 2.75) is 46.3 Å². The second kappa shape index (κ2) is 7.87. The summed E-state index contributed by atoms with van der Waals surface area (Å²) < 4.78 is 9.29. The predicted octanol–water partition coefficient (Wildman–Crippen LogP) is 3.64. The van der Waals surface area contributed by atoms with Crippen LogP contribution < -0.4 is 4.74 Å². The van der Waals surface area contributed by atoms with Crippen LogP contribution in [0.1, 0.15) is 37.6 Å². The van der Waals surface area contributed by atoms with Crippen LogP contribution in [0.25, 0.3) is 28.2 Å². The molecule has 0 amide bonds. The van der Waals surface area contributed by atoms with Gasteiger partial charge in [-0.25, -0.2) is 14.6 Å². The molecule has 0 saturated heterocycles. The Kier molecular flexibility index (Phi) is 5.26. The third kappa shape index (κ3) is 3.33. The Hall–Kier alpha value is -3.26. The molecular formula is C22H26N6O2. The molecule has 2 atom stereocenters. The second-order valence-electron chi connectivity index (χ2n) is 7.44. The van der Waals surface area contributed by atoms with Crippen LogP contribution in [0.5, 0.6) is 5.88 Å². The molecule has 8 nitrogen and oxygen atoms in total. The number of methoxy groups -OCH3 is 1. The van der Waals surface area contributed by atoms with Crippen molar-refractivity contribution >= 4 is 11.2 Å². The quantitative estimate of drug-likeness (QED) is 0.526. The van der Waals surface area contributed by atoms with Gasteiger partial charge in [0.2, 0.25) is 5.88 Å². The molecule has 0 saturated carbocycles. The number of aliphatic hydroxyl groups is 1. The monoisotopic (exact) mass is 406 g/mol. The highest BCUT2D eigenvalue weighted by Gasteiger charge is 2.22. The van der Waals surface area contributed by atoms with Crippen molar-refractivity contribution in [2.24, 2.45) is 0 Å². The number of hydrogen-bond acceptors (Lipinski definition) is 6. The van der Waals surface area contributed by atoms with Crippen molar-refractivity contribution in [3.8, 4) is 23.0 Å². The molecule has 0 radical (unpaired) electrons. The topological polar surface area (TPSA) is 90.9 Å². The normalized spacial score (nSPS) is 13.5. The number of ether oxygens (including phenoxy) is 1. The maximum absolute atomic E-state index is 10.2. The van der Waals surface area contributed by atoms with E-state index in [1.165, 1.54) is 0 Å². The largest absolute Gasteiger partial charge is 0.480 e. The van der Waals surface area contributed by atoms with Gasteiger partial charge in [-0.3, -0.25) is 0 Å². The molecule has 0 spiro atoms. The van der Waals surface area contributed by atoms with Gasteiger partial charge < -0.3 is 14.4 Å². The van der Waals surface area contributed by atoms with Crippen LogP contribution in [0.15, 0.2) is 36.8 Å². The number of rotatable bonds is 6. The maximum Gasteiger partial charge on any atom is 0.224 e. The van der Waals surface area contributed by atoms with Gasteiger partial charge in [0.15, 0.2) is 11.5 Å². The van der Waals surface area contributed by atoms with Crippen molar-refractivity contribution in [3.63, 3.8) is 0 Å². The summed E-state index contributed by atoms with van der Waals surface area (Å²) >= 11 is 0. The van der Waals surface area contributed by atoms with Crippen LogP contribution in [-0.4, -0.2) is 47.6 Å². The molecule has 0 bridgehead atoms. The van der Waals surface area contributed by atoms with Gasteiger partial charge in [0, 0.05) is 18.6 Å². The van der Waals surface area contributed by atoms with Crippen molar-refractivity contribution in [3.05, 3.63) is 48.0 Å². The zero-order valence-electron chi connectivity index (χ0n) is 17.9. The van der Waals surface area contributed by atoms with Crippen LogP contribution in [0.4, 0.5) is 0 Å². The molecule has 0 aromatic carbocycles. The SMILES string of the molecule is CC[C@H]([C@@H](C)O)n1cc(C)c2nc(-c3ccc(-n4cccn4)nc3OC)c(C)nc21. The zero-order chi connectivity index (χ0) is 21.4. The molecule has 0 unspecified atom stereocenters. The van der Waals surface area contributed by atoms with E-state index in [-0.39, 0.29) is 6.04 Å². The summed E-state index contributed by atoms with van der Waals surface area (Å²) in [6.45, 7) is 7.81. The van der Waals surface area contributed by atoms with E-state index >= 15 is 0 Å². The molecule has 4 aromatic heterocycles. The minimum absolute atomic E-state index is 0.0506. The van der Waals surface area contributed by atoms with Gasteiger partial charge in [0.1, 0.15) is 5.52 Å². The fourth-order valence-corrected chi connectivity index (χ4v) is 3.86. The zero-order valence-corrected chi connectivity index (χ0v) is 17.9. The van der Waals surface area contributed by atoms with E-state index in [0.29, 0.717) is 11.7 Å². The van der Waals surface area contributed by atoms with E-state index in [0.717, 1.165) is 40.1 Å². The van der Waals surface area contributed by atoms with Gasteiger partial charge in [-0.15, -0.1) is 0 Å². The highest BCUT2D eigenvalue weighted by Crippen LogP contribution is 2.33. The fourth-order valence-electron chi connectivity index (χ4n) is 3.86. The third-order valence-electron chi connectivity index (χ3n) is 5.37. The Morgan fingerprint density at radius 3 is 2.60 bits per heavy atom. The number of nitrogens with zero attached hydrogens (tertiary/aromatic N) is 6. The molecule has 156 valence electrons. The number of pyridine rings is 1. The molecule has 1 N–H and O–H groups in total. The first-order valence-corrected chi connectivity index (χ1v) is 10.0. The minimum Gasteiger partial charge on any atom is -0.480 e. The minimum atomic E-state index is -0.481. The first kappa shape index (κ1) is 20.0. The second-order valence-corrected chi connectivity index (χ2v) is 7.44. The molecule has 4 heterocycles. The number of hydrogen-bond donors (Lipinski definition) is 1. The van der Waals surface area contributed by atoms with Crippen LogP contribution in [0, 0.1) is 13.8 Å². The van der Waals surface area contributed by atoms with Crippen molar-refractivity contribution in [2.75, 3.05) is 7.11 Å². The molecule has 30 heavy (non-hydrogen) atoms.